The predicted molar refractivity (Wildman–Crippen MR) is 98.1 cm³/mol. The van der Waals surface area contributed by atoms with Crippen LogP contribution in [0.4, 0.5) is 5.69 Å². The molecule has 1 N–H and O–H groups in total. The molecule has 25 heavy (non-hydrogen) atoms. The lowest BCUT2D eigenvalue weighted by Gasteiger charge is -2.27. The molecule has 6 heteroatoms. The van der Waals surface area contributed by atoms with Crippen LogP contribution in [0.2, 0.25) is 0 Å². The molecular weight excluding hydrogens is 320 g/mol. The first-order chi connectivity index (χ1) is 12.1. The van der Waals surface area contributed by atoms with Gasteiger partial charge >= 0.3 is 0 Å². The Balaban J connectivity index is 1.79. The number of ether oxygens (including phenoxy) is 3. The van der Waals surface area contributed by atoms with Gasteiger partial charge < -0.3 is 19.5 Å². The molecule has 1 aliphatic rings. The van der Waals surface area contributed by atoms with E-state index >= 15 is 0 Å². The Morgan fingerprint density at radius 2 is 1.92 bits per heavy atom. The highest BCUT2D eigenvalue weighted by molar-refractivity contribution is 5.97. The van der Waals surface area contributed by atoms with Gasteiger partial charge in [0.1, 0.15) is 18.0 Å². The van der Waals surface area contributed by atoms with Gasteiger partial charge in [-0.2, -0.15) is 0 Å². The van der Waals surface area contributed by atoms with E-state index in [4.69, 9.17) is 14.2 Å². The van der Waals surface area contributed by atoms with Crippen molar-refractivity contribution < 1.29 is 19.0 Å². The van der Waals surface area contributed by atoms with Crippen molar-refractivity contribution in [3.05, 3.63) is 24.3 Å². The van der Waals surface area contributed by atoms with Crippen LogP contribution in [0.1, 0.15) is 27.2 Å². The molecule has 1 saturated heterocycles. The molecule has 0 radical (unpaired) electrons. The lowest BCUT2D eigenvalue weighted by Crippen LogP contribution is -2.42. The molecule has 1 heterocycles. The minimum absolute atomic E-state index is 0.127. The summed E-state index contributed by atoms with van der Waals surface area (Å²) in [7, 11) is 0. The van der Waals surface area contributed by atoms with Gasteiger partial charge in [-0.3, -0.25) is 9.69 Å². The number of anilines is 1. The Kier molecular flexibility index (Phi) is 7.68. The largest absolute Gasteiger partial charge is 0.492 e. The van der Waals surface area contributed by atoms with E-state index in [1.165, 1.54) is 0 Å². The van der Waals surface area contributed by atoms with Crippen LogP contribution in [0.15, 0.2) is 24.3 Å². The quantitative estimate of drug-likeness (QED) is 0.742. The normalized spacial score (nSPS) is 17.7. The Morgan fingerprint density at radius 3 is 2.52 bits per heavy atom. The summed E-state index contributed by atoms with van der Waals surface area (Å²) in [6, 6.07) is 7.45. The van der Waals surface area contributed by atoms with E-state index in [2.05, 4.69) is 10.2 Å². The van der Waals surface area contributed by atoms with Crippen LogP contribution in [0, 0.1) is 0 Å². The second kappa shape index (κ2) is 9.75. The van der Waals surface area contributed by atoms with Crippen LogP contribution >= 0.6 is 0 Å². The van der Waals surface area contributed by atoms with Crippen molar-refractivity contribution >= 4 is 11.6 Å². The lowest BCUT2D eigenvalue weighted by molar-refractivity contribution is -0.139. The number of hydrogen-bond donors (Lipinski definition) is 1. The molecule has 0 aromatic heterocycles. The smallest absolute Gasteiger partial charge is 0.256 e. The Labute approximate surface area is 150 Å². The molecule has 2 rings (SSSR count). The van der Waals surface area contributed by atoms with E-state index in [0.29, 0.717) is 19.6 Å². The van der Waals surface area contributed by atoms with Crippen molar-refractivity contribution in [2.24, 2.45) is 0 Å². The van der Waals surface area contributed by atoms with Crippen LogP contribution in [-0.4, -0.2) is 62.5 Å². The number of hydrogen-bond acceptors (Lipinski definition) is 5. The fourth-order valence-electron chi connectivity index (χ4n) is 2.66. The first-order valence-corrected chi connectivity index (χ1v) is 9.05. The minimum atomic E-state index is -0.803. The monoisotopic (exact) mass is 350 g/mol. The first-order valence-electron chi connectivity index (χ1n) is 9.05. The topological polar surface area (TPSA) is 60.0 Å². The van der Waals surface area contributed by atoms with Gasteiger partial charge in [-0.25, -0.2) is 0 Å². The van der Waals surface area contributed by atoms with Crippen LogP contribution in [0.25, 0.3) is 0 Å². The number of carbonyl (C=O) groups is 1. The number of amides is 1. The standard InChI is InChI=1S/C19H30N2O4/c1-4-19(3,25-5-2)18(22)20-16-6-8-17(9-7-16)24-15-12-21-10-13-23-14-11-21/h6-9H,4-5,10-15H2,1-3H3,(H,20,22)/t19-/m1/s1. The summed E-state index contributed by atoms with van der Waals surface area (Å²) in [5, 5.41) is 2.91. The van der Waals surface area contributed by atoms with Crippen molar-refractivity contribution in [1.82, 2.24) is 4.90 Å². The molecule has 1 aromatic carbocycles. The highest BCUT2D eigenvalue weighted by Crippen LogP contribution is 2.20. The molecule has 1 aliphatic heterocycles. The molecule has 1 aromatic rings. The molecular formula is C19H30N2O4. The van der Waals surface area contributed by atoms with E-state index in [1.807, 2.05) is 45.0 Å². The maximum atomic E-state index is 12.4. The number of rotatable bonds is 9. The number of morpholine rings is 1. The second-order valence-electron chi connectivity index (χ2n) is 6.30. The maximum Gasteiger partial charge on any atom is 0.256 e. The van der Waals surface area contributed by atoms with Gasteiger partial charge in [0.2, 0.25) is 0 Å². The van der Waals surface area contributed by atoms with E-state index in [0.717, 1.165) is 44.3 Å². The number of benzene rings is 1. The van der Waals surface area contributed by atoms with E-state index in [-0.39, 0.29) is 5.91 Å². The van der Waals surface area contributed by atoms with Crippen molar-refractivity contribution in [2.75, 3.05) is 51.4 Å². The molecule has 0 spiro atoms. The zero-order valence-corrected chi connectivity index (χ0v) is 15.5. The van der Waals surface area contributed by atoms with Crippen molar-refractivity contribution in [2.45, 2.75) is 32.8 Å². The summed E-state index contributed by atoms with van der Waals surface area (Å²) in [4.78, 5) is 14.7. The molecule has 1 atom stereocenters. The Bertz CT molecular complexity index is 529. The predicted octanol–water partition coefficient (Wildman–Crippen LogP) is 2.54. The van der Waals surface area contributed by atoms with Gasteiger partial charge in [-0.15, -0.1) is 0 Å². The molecule has 0 unspecified atom stereocenters. The minimum Gasteiger partial charge on any atom is -0.492 e. The fraction of sp³-hybridized carbons (Fsp3) is 0.632. The fourth-order valence-corrected chi connectivity index (χ4v) is 2.66. The molecule has 6 nitrogen and oxygen atoms in total. The van der Waals surface area contributed by atoms with Crippen LogP contribution in [0.5, 0.6) is 5.75 Å². The Morgan fingerprint density at radius 1 is 1.24 bits per heavy atom. The zero-order chi connectivity index (χ0) is 18.1. The van der Waals surface area contributed by atoms with Crippen LogP contribution < -0.4 is 10.1 Å². The molecule has 0 saturated carbocycles. The van der Waals surface area contributed by atoms with E-state index in [1.54, 1.807) is 0 Å². The average molecular weight is 350 g/mol. The summed E-state index contributed by atoms with van der Waals surface area (Å²) in [6.45, 7) is 11.2. The van der Waals surface area contributed by atoms with Crippen LogP contribution in [-0.2, 0) is 14.3 Å². The molecule has 1 amide bonds. The summed E-state index contributed by atoms with van der Waals surface area (Å²) in [6.07, 6.45) is 0.620. The lowest BCUT2D eigenvalue weighted by atomic mass is 10.0. The maximum absolute atomic E-state index is 12.4. The molecule has 1 fully saturated rings. The SMILES string of the molecule is CCO[C@](C)(CC)C(=O)Nc1ccc(OCCN2CCOCC2)cc1. The second-order valence-corrected chi connectivity index (χ2v) is 6.30. The molecule has 0 aliphatic carbocycles. The first kappa shape index (κ1) is 19.7. The summed E-state index contributed by atoms with van der Waals surface area (Å²) < 4.78 is 16.7. The molecule has 140 valence electrons. The van der Waals surface area contributed by atoms with Gasteiger partial charge in [-0.1, -0.05) is 6.92 Å². The zero-order valence-electron chi connectivity index (χ0n) is 15.5. The van der Waals surface area contributed by atoms with Gasteiger partial charge in [0, 0.05) is 31.9 Å². The van der Waals surface area contributed by atoms with Crippen LogP contribution in [0.3, 0.4) is 0 Å². The third kappa shape index (κ3) is 5.99. The van der Waals surface area contributed by atoms with Crippen molar-refractivity contribution in [3.63, 3.8) is 0 Å². The van der Waals surface area contributed by atoms with Gasteiger partial charge in [0.05, 0.1) is 13.2 Å². The highest BCUT2D eigenvalue weighted by atomic mass is 16.5. The van der Waals surface area contributed by atoms with Gasteiger partial charge in [0.25, 0.3) is 5.91 Å². The average Bonchev–Trinajstić information content (AvgIpc) is 2.64. The number of carbonyl (C=O) groups excluding carboxylic acids is 1. The summed E-state index contributed by atoms with van der Waals surface area (Å²) in [5.74, 6) is 0.673. The van der Waals surface area contributed by atoms with Crippen molar-refractivity contribution in [3.8, 4) is 5.75 Å². The van der Waals surface area contributed by atoms with Gasteiger partial charge in [-0.05, 0) is 44.5 Å². The van der Waals surface area contributed by atoms with Crippen molar-refractivity contribution in [1.29, 1.82) is 0 Å². The van der Waals surface area contributed by atoms with Gasteiger partial charge in [0.15, 0.2) is 0 Å². The third-order valence-corrected chi connectivity index (χ3v) is 4.51. The summed E-state index contributed by atoms with van der Waals surface area (Å²) in [5.41, 5.74) is -0.0628. The highest BCUT2D eigenvalue weighted by Gasteiger charge is 2.31. The number of nitrogens with zero attached hydrogens (tertiary/aromatic N) is 1. The number of nitrogens with one attached hydrogen (secondary N) is 1. The third-order valence-electron chi connectivity index (χ3n) is 4.51. The van der Waals surface area contributed by atoms with E-state index in [9.17, 15) is 4.79 Å². The van der Waals surface area contributed by atoms with E-state index < -0.39 is 5.60 Å². The Hall–Kier alpha value is -1.63. The summed E-state index contributed by atoms with van der Waals surface area (Å²) >= 11 is 0. The molecule has 0 bridgehead atoms.